The fraction of sp³-hybridized carbons (Fsp3) is 0.231. The number of ketones is 1. The first-order valence-corrected chi connectivity index (χ1v) is 10.7. The maximum atomic E-state index is 12.6. The molecule has 1 aromatic heterocycles. The number of Topliss-reactive ketones (excluding diaryl/α,β-unsaturated/α-hetero) is 1. The molecule has 0 fully saturated rings. The van der Waals surface area contributed by atoms with E-state index in [0.29, 0.717) is 0 Å². The average Bonchev–Trinajstić information content (AvgIpc) is 3.22. The molecule has 0 aliphatic heterocycles. The van der Waals surface area contributed by atoms with Crippen LogP contribution in [0.3, 0.4) is 0 Å². The largest absolute Gasteiger partial charge is 0.478 e. The summed E-state index contributed by atoms with van der Waals surface area (Å²) < 4.78 is 1.87. The average molecular weight is 423 g/mol. The molecule has 1 N–H and O–H groups in total. The van der Waals surface area contributed by atoms with Gasteiger partial charge < -0.3 is 5.11 Å². The number of hydrogen-bond donors (Lipinski definition) is 1. The van der Waals surface area contributed by atoms with Crippen LogP contribution >= 0.6 is 0 Å². The monoisotopic (exact) mass is 423 g/mol. The van der Waals surface area contributed by atoms with Crippen LogP contribution in [0, 0.1) is 23.2 Å². The number of carboxylic acids is 1. The lowest BCUT2D eigenvalue weighted by molar-refractivity contribution is -0.120. The van der Waals surface area contributed by atoms with Crippen LogP contribution in [-0.4, -0.2) is 26.6 Å². The van der Waals surface area contributed by atoms with Gasteiger partial charge in [0.2, 0.25) is 0 Å². The van der Waals surface area contributed by atoms with Gasteiger partial charge in [-0.3, -0.25) is 4.79 Å². The lowest BCUT2D eigenvalue weighted by atomic mass is 9.66. The number of benzene rings is 2. The summed E-state index contributed by atoms with van der Waals surface area (Å²) in [5, 5.41) is 23.8. The van der Waals surface area contributed by atoms with Crippen LogP contribution in [-0.2, 0) is 11.2 Å². The van der Waals surface area contributed by atoms with Crippen molar-refractivity contribution in [3.63, 3.8) is 0 Å². The zero-order chi connectivity index (χ0) is 22.4. The normalized spacial score (nSPS) is 21.8. The Bertz CT molecular complexity index is 1300. The first-order valence-electron chi connectivity index (χ1n) is 10.7. The predicted molar refractivity (Wildman–Crippen MR) is 118 cm³/mol. The first-order chi connectivity index (χ1) is 15.5. The number of carboxylic acid groups (broad SMARTS) is 1. The van der Waals surface area contributed by atoms with Crippen molar-refractivity contribution >= 4 is 11.8 Å². The van der Waals surface area contributed by atoms with E-state index < -0.39 is 5.97 Å². The molecule has 32 heavy (non-hydrogen) atoms. The van der Waals surface area contributed by atoms with E-state index in [2.05, 4.69) is 6.07 Å². The quantitative estimate of drug-likeness (QED) is 0.667. The number of hydrogen-bond acceptors (Lipinski definition) is 4. The van der Waals surface area contributed by atoms with Gasteiger partial charge in [0.1, 0.15) is 6.07 Å². The molecule has 0 saturated heterocycles. The smallest absolute Gasteiger partial charge is 0.335 e. The number of allylic oxidation sites excluding steroid dienone is 2. The first kappa shape index (κ1) is 20.0. The van der Waals surface area contributed by atoms with E-state index in [1.165, 1.54) is 0 Å². The number of nitrogens with zero attached hydrogens (tertiary/aromatic N) is 3. The summed E-state index contributed by atoms with van der Waals surface area (Å²) >= 11 is 0. The minimum absolute atomic E-state index is 0.0858. The van der Waals surface area contributed by atoms with Crippen molar-refractivity contribution in [1.29, 1.82) is 5.26 Å². The van der Waals surface area contributed by atoms with Gasteiger partial charge in [-0.25, -0.2) is 9.48 Å². The Morgan fingerprint density at radius 3 is 2.53 bits per heavy atom. The molecule has 0 radical (unpaired) electrons. The van der Waals surface area contributed by atoms with E-state index >= 15 is 0 Å². The van der Waals surface area contributed by atoms with Crippen molar-refractivity contribution in [3.05, 3.63) is 83.1 Å². The van der Waals surface area contributed by atoms with Gasteiger partial charge in [-0.15, -0.1) is 0 Å². The number of rotatable bonds is 3. The van der Waals surface area contributed by atoms with Gasteiger partial charge in [-0.1, -0.05) is 43.3 Å². The summed E-state index contributed by atoms with van der Waals surface area (Å²) in [6.07, 6.45) is 3.45. The van der Waals surface area contributed by atoms with Crippen molar-refractivity contribution in [2.75, 3.05) is 0 Å². The summed E-state index contributed by atoms with van der Waals surface area (Å²) in [6.45, 7) is 1.91. The lowest BCUT2D eigenvalue weighted by Crippen LogP contribution is -2.35. The van der Waals surface area contributed by atoms with Crippen molar-refractivity contribution in [2.45, 2.75) is 25.7 Å². The van der Waals surface area contributed by atoms with Crippen LogP contribution in [0.2, 0.25) is 0 Å². The van der Waals surface area contributed by atoms with Gasteiger partial charge in [0, 0.05) is 23.0 Å². The second-order valence-electron chi connectivity index (χ2n) is 8.42. The third-order valence-electron chi connectivity index (χ3n) is 6.72. The molecule has 2 aliphatic rings. The van der Waals surface area contributed by atoms with E-state index in [1.807, 2.05) is 48.0 Å². The predicted octanol–water partition coefficient (Wildman–Crippen LogP) is 4.55. The minimum Gasteiger partial charge on any atom is -0.478 e. The summed E-state index contributed by atoms with van der Waals surface area (Å²) in [5.41, 5.74) is 5.17. The summed E-state index contributed by atoms with van der Waals surface area (Å²) in [4.78, 5) is 23.9. The van der Waals surface area contributed by atoms with Crippen LogP contribution in [0.25, 0.3) is 16.9 Å². The van der Waals surface area contributed by atoms with Gasteiger partial charge >= 0.3 is 5.97 Å². The highest BCUT2D eigenvalue weighted by atomic mass is 16.4. The van der Waals surface area contributed by atoms with E-state index in [9.17, 15) is 20.0 Å². The Kier molecular flexibility index (Phi) is 4.75. The Labute approximate surface area is 185 Å². The highest BCUT2D eigenvalue weighted by molar-refractivity contribution is 6.01. The molecule has 3 atom stereocenters. The molecule has 6 heteroatoms. The zero-order valence-electron chi connectivity index (χ0n) is 17.5. The van der Waals surface area contributed by atoms with E-state index in [-0.39, 0.29) is 34.7 Å². The Balaban J connectivity index is 1.74. The summed E-state index contributed by atoms with van der Waals surface area (Å²) in [6, 6.07) is 18.7. The van der Waals surface area contributed by atoms with Crippen molar-refractivity contribution in [3.8, 4) is 23.0 Å². The number of nitriles is 1. The standard InChI is InChI=1S/C26H21N3O3/c1-15-20-11-12-21-23(16-5-3-2-4-6-16)28-29(19-9-7-17(8-10-19)26(31)32)24(21)22(20)13-18(14-27)25(15)30/h2-10,13,15,20,22H,11-12H2,1H3,(H,31,32). The second-order valence-corrected chi connectivity index (χ2v) is 8.42. The Morgan fingerprint density at radius 1 is 1.16 bits per heavy atom. The van der Waals surface area contributed by atoms with E-state index in [4.69, 9.17) is 5.10 Å². The molecule has 0 spiro atoms. The highest BCUT2D eigenvalue weighted by Crippen LogP contribution is 2.48. The van der Waals surface area contributed by atoms with Crippen LogP contribution in [0.15, 0.2) is 66.2 Å². The number of carbonyl (C=O) groups excluding carboxylic acids is 1. The molecule has 0 amide bonds. The molecule has 3 aromatic rings. The maximum Gasteiger partial charge on any atom is 0.335 e. The number of aromatic carboxylic acids is 1. The summed E-state index contributed by atoms with van der Waals surface area (Å²) in [7, 11) is 0. The van der Waals surface area contributed by atoms with Crippen LogP contribution in [0.5, 0.6) is 0 Å². The molecule has 6 nitrogen and oxygen atoms in total. The molecular formula is C26H21N3O3. The van der Waals surface area contributed by atoms with E-state index in [1.54, 1.807) is 24.3 Å². The Morgan fingerprint density at radius 2 is 1.88 bits per heavy atom. The Hall–Kier alpha value is -3.98. The zero-order valence-corrected chi connectivity index (χ0v) is 17.5. The highest BCUT2D eigenvalue weighted by Gasteiger charge is 2.43. The van der Waals surface area contributed by atoms with Crippen LogP contribution < -0.4 is 0 Å². The molecule has 3 unspecified atom stereocenters. The fourth-order valence-electron chi connectivity index (χ4n) is 5.07. The summed E-state index contributed by atoms with van der Waals surface area (Å²) in [5.74, 6) is -1.30. The molecule has 0 saturated carbocycles. The van der Waals surface area contributed by atoms with E-state index in [0.717, 1.165) is 41.0 Å². The second kappa shape index (κ2) is 7.61. The van der Waals surface area contributed by atoms with Crippen molar-refractivity contribution in [1.82, 2.24) is 9.78 Å². The third-order valence-corrected chi connectivity index (χ3v) is 6.72. The van der Waals surface area contributed by atoms with Gasteiger partial charge in [-0.2, -0.15) is 10.4 Å². The van der Waals surface area contributed by atoms with Gasteiger partial charge in [0.25, 0.3) is 0 Å². The van der Waals surface area contributed by atoms with Crippen LogP contribution in [0.4, 0.5) is 0 Å². The molecule has 158 valence electrons. The van der Waals surface area contributed by atoms with Gasteiger partial charge in [-0.05, 0) is 43.0 Å². The number of fused-ring (bicyclic) bond motifs is 3. The molecule has 2 aromatic carbocycles. The minimum atomic E-state index is -0.981. The lowest BCUT2D eigenvalue weighted by Gasteiger charge is -2.37. The number of carbonyl (C=O) groups is 2. The molecular weight excluding hydrogens is 402 g/mol. The molecule has 1 heterocycles. The SMILES string of the molecule is CC1C(=O)C(C#N)=CC2c3c(c(-c4ccccc4)nn3-c3ccc(C(=O)O)cc3)CCC12. The molecule has 0 bridgehead atoms. The van der Waals surface area contributed by atoms with Crippen molar-refractivity contribution < 1.29 is 14.7 Å². The molecule has 5 rings (SSSR count). The third kappa shape index (κ3) is 3.05. The fourth-order valence-corrected chi connectivity index (χ4v) is 5.07. The van der Waals surface area contributed by atoms with Gasteiger partial charge in [0.15, 0.2) is 5.78 Å². The topological polar surface area (TPSA) is 96.0 Å². The molecule has 2 aliphatic carbocycles. The van der Waals surface area contributed by atoms with Gasteiger partial charge in [0.05, 0.1) is 28.2 Å². The van der Waals surface area contributed by atoms with Crippen LogP contribution in [0.1, 0.15) is 40.9 Å². The maximum absolute atomic E-state index is 12.6. The number of aromatic nitrogens is 2. The van der Waals surface area contributed by atoms with Crippen molar-refractivity contribution in [2.24, 2.45) is 11.8 Å².